The first-order valence-corrected chi connectivity index (χ1v) is 6.29. The van der Waals surface area contributed by atoms with Crippen molar-refractivity contribution in [3.8, 4) is 0 Å². The molecule has 0 fully saturated rings. The fourth-order valence-corrected chi connectivity index (χ4v) is 2.25. The van der Waals surface area contributed by atoms with Crippen LogP contribution < -0.4 is 5.32 Å². The predicted molar refractivity (Wildman–Crippen MR) is 67.8 cm³/mol. The van der Waals surface area contributed by atoms with Crippen molar-refractivity contribution < 1.29 is 4.79 Å². The maximum Gasteiger partial charge on any atom is 0.318 e. The van der Waals surface area contributed by atoms with E-state index in [4.69, 9.17) is 0 Å². The van der Waals surface area contributed by atoms with Crippen LogP contribution in [0.5, 0.6) is 0 Å². The molecule has 1 aromatic rings. The number of carbonyl (C=O) groups excluding carboxylic acids is 1. The molecule has 2 rings (SSSR count). The lowest BCUT2D eigenvalue weighted by Gasteiger charge is -2.35. The molecular formula is C13H21N3O. The summed E-state index contributed by atoms with van der Waals surface area (Å²) in [6.45, 7) is 8.70. The van der Waals surface area contributed by atoms with Gasteiger partial charge in [0.15, 0.2) is 0 Å². The summed E-state index contributed by atoms with van der Waals surface area (Å²) in [5.74, 6) is 0.489. The van der Waals surface area contributed by atoms with Crippen molar-refractivity contribution in [2.45, 2.75) is 33.4 Å². The van der Waals surface area contributed by atoms with E-state index >= 15 is 0 Å². The number of hydrogen-bond acceptors (Lipinski definition) is 1. The van der Waals surface area contributed by atoms with Crippen LogP contribution in [0.15, 0.2) is 18.3 Å². The third kappa shape index (κ3) is 2.46. The Hall–Kier alpha value is -1.45. The maximum atomic E-state index is 12.1. The monoisotopic (exact) mass is 235 g/mol. The molecule has 0 bridgehead atoms. The molecule has 0 saturated carbocycles. The van der Waals surface area contributed by atoms with Crippen molar-refractivity contribution in [3.05, 3.63) is 24.0 Å². The van der Waals surface area contributed by atoms with E-state index in [0.717, 1.165) is 19.6 Å². The van der Waals surface area contributed by atoms with E-state index in [2.05, 4.69) is 42.9 Å². The van der Waals surface area contributed by atoms with Gasteiger partial charge in [0.2, 0.25) is 0 Å². The lowest BCUT2D eigenvalue weighted by molar-refractivity contribution is 0.161. The molecule has 0 aliphatic carbocycles. The van der Waals surface area contributed by atoms with Crippen LogP contribution in [0.25, 0.3) is 0 Å². The van der Waals surface area contributed by atoms with Crippen LogP contribution in [0.2, 0.25) is 0 Å². The molecule has 1 aliphatic heterocycles. The van der Waals surface area contributed by atoms with Gasteiger partial charge in [-0.05, 0) is 25.0 Å². The van der Waals surface area contributed by atoms with Gasteiger partial charge >= 0.3 is 6.03 Å². The van der Waals surface area contributed by atoms with E-state index in [1.807, 2.05) is 11.0 Å². The Bertz CT molecular complexity index is 397. The highest BCUT2D eigenvalue weighted by Crippen LogP contribution is 2.24. The standard InChI is InChI=1S/C13H21N3O/c1-10(2)9-14-13(17)16-8-7-15-6-4-5-12(15)11(16)3/h4-6,10-11H,7-9H2,1-3H3,(H,14,17). The van der Waals surface area contributed by atoms with Crippen molar-refractivity contribution in [3.63, 3.8) is 0 Å². The third-order valence-electron chi connectivity index (χ3n) is 3.26. The molecule has 17 heavy (non-hydrogen) atoms. The summed E-state index contributed by atoms with van der Waals surface area (Å²) in [4.78, 5) is 14.0. The number of hydrogen-bond donors (Lipinski definition) is 1. The Morgan fingerprint density at radius 1 is 1.53 bits per heavy atom. The predicted octanol–water partition coefficient (Wildman–Crippen LogP) is 2.23. The van der Waals surface area contributed by atoms with Gasteiger partial charge in [-0.3, -0.25) is 0 Å². The van der Waals surface area contributed by atoms with Crippen LogP contribution in [0, 0.1) is 5.92 Å². The number of nitrogens with one attached hydrogen (secondary N) is 1. The zero-order valence-electron chi connectivity index (χ0n) is 10.8. The van der Waals surface area contributed by atoms with Gasteiger partial charge in [0.05, 0.1) is 6.04 Å². The lowest BCUT2D eigenvalue weighted by atomic mass is 10.1. The minimum absolute atomic E-state index is 0.0543. The molecule has 2 heterocycles. The van der Waals surface area contributed by atoms with Crippen molar-refractivity contribution >= 4 is 6.03 Å². The van der Waals surface area contributed by atoms with Crippen LogP contribution in [-0.4, -0.2) is 28.6 Å². The maximum absolute atomic E-state index is 12.1. The van der Waals surface area contributed by atoms with Gasteiger partial charge in [0.1, 0.15) is 0 Å². The third-order valence-corrected chi connectivity index (χ3v) is 3.26. The topological polar surface area (TPSA) is 37.3 Å². The van der Waals surface area contributed by atoms with Crippen LogP contribution in [0.3, 0.4) is 0 Å². The Morgan fingerprint density at radius 2 is 2.29 bits per heavy atom. The molecule has 1 aromatic heterocycles. The SMILES string of the molecule is CC(C)CNC(=O)N1CCn2cccc2C1C. The van der Waals surface area contributed by atoms with Gasteiger partial charge in [-0.25, -0.2) is 4.79 Å². The first kappa shape index (κ1) is 12.0. The summed E-state index contributed by atoms with van der Waals surface area (Å²) in [6.07, 6.45) is 2.08. The molecule has 1 N–H and O–H groups in total. The highest BCUT2D eigenvalue weighted by atomic mass is 16.2. The molecule has 0 spiro atoms. The van der Waals surface area contributed by atoms with E-state index < -0.39 is 0 Å². The largest absolute Gasteiger partial charge is 0.348 e. The highest BCUT2D eigenvalue weighted by Gasteiger charge is 2.26. The fourth-order valence-electron chi connectivity index (χ4n) is 2.25. The van der Waals surface area contributed by atoms with Crippen molar-refractivity contribution in [2.24, 2.45) is 5.92 Å². The molecule has 0 aromatic carbocycles. The van der Waals surface area contributed by atoms with Gasteiger partial charge in [0.25, 0.3) is 0 Å². The Morgan fingerprint density at radius 3 is 3.00 bits per heavy atom. The van der Waals surface area contributed by atoms with E-state index in [-0.39, 0.29) is 12.1 Å². The smallest absolute Gasteiger partial charge is 0.318 e. The van der Waals surface area contributed by atoms with Crippen molar-refractivity contribution in [2.75, 3.05) is 13.1 Å². The number of rotatable bonds is 2. The first-order chi connectivity index (χ1) is 8.09. The summed E-state index contributed by atoms with van der Waals surface area (Å²) in [7, 11) is 0. The Labute approximate surface area is 103 Å². The number of urea groups is 1. The number of amides is 2. The minimum atomic E-state index is 0.0543. The fraction of sp³-hybridized carbons (Fsp3) is 0.615. The number of aromatic nitrogens is 1. The second-order valence-electron chi connectivity index (χ2n) is 5.08. The summed E-state index contributed by atoms with van der Waals surface area (Å²) in [5.41, 5.74) is 1.22. The van der Waals surface area contributed by atoms with Gasteiger partial charge in [-0.1, -0.05) is 13.8 Å². The molecule has 2 amide bonds. The average molecular weight is 235 g/mol. The quantitative estimate of drug-likeness (QED) is 0.838. The summed E-state index contributed by atoms with van der Waals surface area (Å²) < 4.78 is 2.22. The van der Waals surface area contributed by atoms with E-state index in [0.29, 0.717) is 5.92 Å². The second kappa shape index (κ2) is 4.82. The van der Waals surface area contributed by atoms with Gasteiger partial charge in [-0.15, -0.1) is 0 Å². The minimum Gasteiger partial charge on any atom is -0.348 e. The molecule has 1 atom stereocenters. The summed E-state index contributed by atoms with van der Waals surface area (Å²) in [6, 6.07) is 4.35. The van der Waals surface area contributed by atoms with Gasteiger partial charge in [-0.2, -0.15) is 0 Å². The number of nitrogens with zero attached hydrogens (tertiary/aromatic N) is 2. The Balaban J connectivity index is 2.02. The van der Waals surface area contributed by atoms with Crippen molar-refractivity contribution in [1.29, 1.82) is 0 Å². The van der Waals surface area contributed by atoms with Gasteiger partial charge < -0.3 is 14.8 Å². The molecule has 0 radical (unpaired) electrons. The molecular weight excluding hydrogens is 214 g/mol. The molecule has 94 valence electrons. The molecule has 4 nitrogen and oxygen atoms in total. The summed E-state index contributed by atoms with van der Waals surface area (Å²) in [5, 5.41) is 2.98. The lowest BCUT2D eigenvalue weighted by Crippen LogP contribution is -2.46. The molecule has 1 unspecified atom stereocenters. The zero-order valence-corrected chi connectivity index (χ0v) is 10.8. The molecule has 1 aliphatic rings. The van der Waals surface area contributed by atoms with Crippen LogP contribution in [-0.2, 0) is 6.54 Å². The Kier molecular flexibility index (Phi) is 3.41. The number of carbonyl (C=O) groups is 1. The van der Waals surface area contributed by atoms with Crippen LogP contribution in [0.4, 0.5) is 4.79 Å². The molecule has 4 heteroatoms. The highest BCUT2D eigenvalue weighted by molar-refractivity contribution is 5.74. The first-order valence-electron chi connectivity index (χ1n) is 6.29. The average Bonchev–Trinajstić information content (AvgIpc) is 2.75. The van der Waals surface area contributed by atoms with E-state index in [9.17, 15) is 4.79 Å². The summed E-state index contributed by atoms with van der Waals surface area (Å²) >= 11 is 0. The van der Waals surface area contributed by atoms with Crippen LogP contribution in [0.1, 0.15) is 32.5 Å². The van der Waals surface area contributed by atoms with E-state index in [1.165, 1.54) is 5.69 Å². The van der Waals surface area contributed by atoms with Crippen LogP contribution >= 0.6 is 0 Å². The van der Waals surface area contributed by atoms with Gasteiger partial charge in [0, 0.05) is 31.5 Å². The van der Waals surface area contributed by atoms with E-state index in [1.54, 1.807) is 0 Å². The normalized spacial score (nSPS) is 19.3. The van der Waals surface area contributed by atoms with Crippen molar-refractivity contribution in [1.82, 2.24) is 14.8 Å². The molecule has 0 saturated heterocycles. The number of fused-ring (bicyclic) bond motifs is 1. The zero-order chi connectivity index (χ0) is 12.4. The second-order valence-corrected chi connectivity index (χ2v) is 5.08.